The molecule has 0 aromatic carbocycles. The van der Waals surface area contributed by atoms with Crippen molar-refractivity contribution < 1.29 is 39.4 Å². The van der Waals surface area contributed by atoms with Crippen LogP contribution in [-0.4, -0.2) is 89.3 Å². The van der Waals surface area contributed by atoms with Crippen molar-refractivity contribution in [3.05, 3.63) is 0 Å². The highest BCUT2D eigenvalue weighted by Gasteiger charge is 2.47. The van der Waals surface area contributed by atoms with Crippen molar-refractivity contribution in [2.45, 2.75) is 89.2 Å². The van der Waals surface area contributed by atoms with Gasteiger partial charge in [-0.05, 0) is 13.8 Å². The van der Waals surface area contributed by atoms with Crippen molar-refractivity contribution in [2.75, 3.05) is 13.7 Å². The van der Waals surface area contributed by atoms with E-state index in [0.717, 1.165) is 0 Å². The number of rotatable bonds is 4. The first-order valence-corrected chi connectivity index (χ1v) is 8.53. The maximum Gasteiger partial charge on any atom is 0.187 e. The van der Waals surface area contributed by atoms with Gasteiger partial charge in [-0.25, -0.2) is 0 Å². The van der Waals surface area contributed by atoms with Crippen molar-refractivity contribution in [3.63, 3.8) is 0 Å². The van der Waals surface area contributed by atoms with E-state index in [-0.39, 0.29) is 18.3 Å². The average molecular weight is 352 g/mol. The summed E-state index contributed by atoms with van der Waals surface area (Å²) in [6, 6.07) is 0. The number of ether oxygens (including phenoxy) is 4. The molecule has 2 rings (SSSR count). The standard InChI is InChI=1S/C14H26O8.C2H6/c1-6-4-8(19-3)13(7(2)20-6)22-14-12(18)11(17)10(16)9(5-15)21-14;1-2/h6-18H,4-5H2,1-3H3;1-2H3. The Kier molecular flexibility index (Phi) is 9.03. The molecule has 4 N–H and O–H groups in total. The van der Waals surface area contributed by atoms with E-state index in [1.54, 1.807) is 7.11 Å². The summed E-state index contributed by atoms with van der Waals surface area (Å²) in [5.41, 5.74) is 0. The highest BCUT2D eigenvalue weighted by Crippen LogP contribution is 2.29. The Bertz CT molecular complexity index is 353. The van der Waals surface area contributed by atoms with Gasteiger partial charge in [0.2, 0.25) is 0 Å². The minimum absolute atomic E-state index is 0.0228. The molecule has 0 aliphatic carbocycles. The van der Waals surface area contributed by atoms with E-state index >= 15 is 0 Å². The monoisotopic (exact) mass is 352 g/mol. The van der Waals surface area contributed by atoms with Gasteiger partial charge < -0.3 is 39.4 Å². The fourth-order valence-electron chi connectivity index (χ4n) is 3.03. The number of aliphatic hydroxyl groups excluding tert-OH is 4. The minimum atomic E-state index is -1.46. The summed E-state index contributed by atoms with van der Waals surface area (Å²) in [5.74, 6) is 0. The maximum absolute atomic E-state index is 10.0. The van der Waals surface area contributed by atoms with Crippen molar-refractivity contribution in [1.29, 1.82) is 0 Å². The summed E-state index contributed by atoms with van der Waals surface area (Å²) in [5, 5.41) is 38.8. The van der Waals surface area contributed by atoms with Crippen LogP contribution in [-0.2, 0) is 18.9 Å². The molecule has 0 aromatic rings. The van der Waals surface area contributed by atoms with Crippen LogP contribution in [0.1, 0.15) is 34.1 Å². The smallest absolute Gasteiger partial charge is 0.187 e. The first kappa shape index (κ1) is 21.7. The first-order valence-electron chi connectivity index (χ1n) is 8.53. The molecule has 2 saturated heterocycles. The van der Waals surface area contributed by atoms with Gasteiger partial charge in [0.05, 0.1) is 24.9 Å². The topological polar surface area (TPSA) is 118 Å². The number of aliphatic hydroxyl groups is 4. The van der Waals surface area contributed by atoms with Gasteiger partial charge >= 0.3 is 0 Å². The second-order valence-electron chi connectivity index (χ2n) is 5.96. The Morgan fingerprint density at radius 1 is 1.00 bits per heavy atom. The molecule has 0 radical (unpaired) electrons. The lowest BCUT2D eigenvalue weighted by Crippen LogP contribution is -2.61. The molecular weight excluding hydrogens is 320 g/mol. The van der Waals surface area contributed by atoms with Crippen LogP contribution < -0.4 is 0 Å². The van der Waals surface area contributed by atoms with E-state index in [2.05, 4.69) is 0 Å². The Hall–Kier alpha value is -0.320. The number of hydrogen-bond donors (Lipinski definition) is 4. The zero-order chi connectivity index (χ0) is 18.4. The van der Waals surface area contributed by atoms with Crippen molar-refractivity contribution in [2.24, 2.45) is 0 Å². The molecule has 2 aliphatic heterocycles. The van der Waals surface area contributed by atoms with Gasteiger partial charge in [-0.1, -0.05) is 13.8 Å². The summed E-state index contributed by atoms with van der Waals surface area (Å²) < 4.78 is 22.2. The summed E-state index contributed by atoms with van der Waals surface area (Å²) in [7, 11) is 1.57. The molecule has 0 bridgehead atoms. The first-order chi connectivity index (χ1) is 11.4. The lowest BCUT2D eigenvalue weighted by atomic mass is 9.97. The second-order valence-corrected chi connectivity index (χ2v) is 5.96. The van der Waals surface area contributed by atoms with Crippen LogP contribution in [0.5, 0.6) is 0 Å². The summed E-state index contributed by atoms with van der Waals surface area (Å²) in [6.45, 7) is 7.27. The molecule has 144 valence electrons. The molecular formula is C16H32O8. The van der Waals surface area contributed by atoms with Crippen LogP contribution in [0.4, 0.5) is 0 Å². The largest absolute Gasteiger partial charge is 0.394 e. The van der Waals surface area contributed by atoms with Gasteiger partial charge in [-0.3, -0.25) is 0 Å². The van der Waals surface area contributed by atoms with E-state index in [4.69, 9.17) is 18.9 Å². The third kappa shape index (κ3) is 4.86. The van der Waals surface area contributed by atoms with Gasteiger partial charge in [0.1, 0.15) is 30.5 Å². The average Bonchev–Trinajstić information content (AvgIpc) is 2.58. The van der Waals surface area contributed by atoms with Gasteiger partial charge in [0.15, 0.2) is 6.29 Å². The fraction of sp³-hybridized carbons (Fsp3) is 1.00. The SMILES string of the molecule is CC.COC1CC(C)OC(C)C1OC1OC(CO)C(O)C(O)C1O. The van der Waals surface area contributed by atoms with Crippen LogP contribution in [0.3, 0.4) is 0 Å². The molecule has 0 spiro atoms. The Morgan fingerprint density at radius 3 is 2.17 bits per heavy atom. The van der Waals surface area contributed by atoms with Gasteiger partial charge in [-0.2, -0.15) is 0 Å². The fourth-order valence-corrected chi connectivity index (χ4v) is 3.03. The van der Waals surface area contributed by atoms with Crippen molar-refractivity contribution in [3.8, 4) is 0 Å². The summed E-state index contributed by atoms with van der Waals surface area (Å²) in [4.78, 5) is 0. The molecule has 0 saturated carbocycles. The van der Waals surface area contributed by atoms with E-state index in [9.17, 15) is 20.4 Å². The third-order valence-electron chi connectivity index (χ3n) is 4.28. The molecule has 9 unspecified atom stereocenters. The van der Waals surface area contributed by atoms with Gasteiger partial charge in [0, 0.05) is 13.5 Å². The minimum Gasteiger partial charge on any atom is -0.394 e. The van der Waals surface area contributed by atoms with Crippen molar-refractivity contribution >= 4 is 0 Å². The quantitative estimate of drug-likeness (QED) is 0.530. The molecule has 2 heterocycles. The zero-order valence-electron chi connectivity index (χ0n) is 15.0. The highest BCUT2D eigenvalue weighted by atomic mass is 16.7. The number of methoxy groups -OCH3 is 1. The normalized spacial score (nSPS) is 46.1. The molecule has 0 aromatic heterocycles. The lowest BCUT2D eigenvalue weighted by Gasteiger charge is -2.44. The molecule has 24 heavy (non-hydrogen) atoms. The van der Waals surface area contributed by atoms with Crippen LogP contribution in [0.25, 0.3) is 0 Å². The highest BCUT2D eigenvalue weighted by molar-refractivity contribution is 4.91. The van der Waals surface area contributed by atoms with E-state index in [1.807, 2.05) is 27.7 Å². The molecule has 2 fully saturated rings. The lowest BCUT2D eigenvalue weighted by molar-refractivity contribution is -0.332. The Balaban J connectivity index is 0.00000139. The Morgan fingerprint density at radius 2 is 1.62 bits per heavy atom. The molecule has 8 heteroatoms. The van der Waals surface area contributed by atoms with Gasteiger partial charge in [0.25, 0.3) is 0 Å². The van der Waals surface area contributed by atoms with E-state index < -0.39 is 43.4 Å². The number of hydrogen-bond acceptors (Lipinski definition) is 8. The summed E-state index contributed by atoms with van der Waals surface area (Å²) >= 11 is 0. The van der Waals surface area contributed by atoms with E-state index in [1.165, 1.54) is 0 Å². The van der Waals surface area contributed by atoms with E-state index in [0.29, 0.717) is 6.42 Å². The van der Waals surface area contributed by atoms with Crippen molar-refractivity contribution in [1.82, 2.24) is 0 Å². The molecule has 2 aliphatic rings. The molecule has 0 amide bonds. The van der Waals surface area contributed by atoms with Crippen LogP contribution in [0.15, 0.2) is 0 Å². The van der Waals surface area contributed by atoms with Crippen LogP contribution in [0, 0.1) is 0 Å². The maximum atomic E-state index is 10.0. The molecule has 8 nitrogen and oxygen atoms in total. The third-order valence-corrected chi connectivity index (χ3v) is 4.28. The zero-order valence-corrected chi connectivity index (χ0v) is 15.0. The van der Waals surface area contributed by atoms with Crippen LogP contribution in [0.2, 0.25) is 0 Å². The second kappa shape index (κ2) is 9.98. The summed E-state index contributed by atoms with van der Waals surface area (Å²) in [6.07, 6.45) is -6.86. The molecule has 9 atom stereocenters. The predicted molar refractivity (Wildman–Crippen MR) is 85.4 cm³/mol. The predicted octanol–water partition coefficient (Wildman–Crippen LogP) is -0.590. The van der Waals surface area contributed by atoms with Gasteiger partial charge in [-0.15, -0.1) is 0 Å². The Labute approximate surface area is 143 Å². The van der Waals surface area contributed by atoms with Crippen LogP contribution >= 0.6 is 0 Å².